The normalized spacial score (nSPS) is 19.1. The highest BCUT2D eigenvalue weighted by molar-refractivity contribution is 5.96. The van der Waals surface area contributed by atoms with E-state index in [1.54, 1.807) is 21.0 Å². The molecular formula is C19H29N3O5. The van der Waals surface area contributed by atoms with Gasteiger partial charge in [-0.3, -0.25) is 9.59 Å². The standard InChI is InChI=1S/C19H29N3O5/c1-14-17(15(2)27-20-14)18(24)21-7-4-19(5-8-21)6-9-22(13-19)16(23)12-26-11-10-25-3/h4-13H2,1-3H3. The maximum absolute atomic E-state index is 12.8. The molecule has 2 fully saturated rings. The molecular weight excluding hydrogens is 350 g/mol. The van der Waals surface area contributed by atoms with Crippen LogP contribution in [0.1, 0.15) is 41.1 Å². The molecule has 2 aliphatic rings. The van der Waals surface area contributed by atoms with E-state index in [1.165, 1.54) is 0 Å². The van der Waals surface area contributed by atoms with Crippen LogP contribution in [0.4, 0.5) is 0 Å². The van der Waals surface area contributed by atoms with Crippen LogP contribution in [0, 0.1) is 19.3 Å². The zero-order chi connectivity index (χ0) is 19.4. The second-order valence-corrected chi connectivity index (χ2v) is 7.60. The molecule has 1 aromatic rings. The van der Waals surface area contributed by atoms with Gasteiger partial charge in [0, 0.05) is 33.3 Å². The predicted octanol–water partition coefficient (Wildman–Crippen LogP) is 1.41. The molecule has 3 rings (SSSR count). The summed E-state index contributed by atoms with van der Waals surface area (Å²) in [6.45, 7) is 7.53. The molecule has 0 atom stereocenters. The Hall–Kier alpha value is -1.93. The van der Waals surface area contributed by atoms with Gasteiger partial charge in [-0.1, -0.05) is 5.16 Å². The molecule has 1 spiro atoms. The Labute approximate surface area is 159 Å². The van der Waals surface area contributed by atoms with Crippen molar-refractivity contribution in [3.05, 3.63) is 17.0 Å². The lowest BCUT2D eigenvalue weighted by Crippen LogP contribution is -2.45. The van der Waals surface area contributed by atoms with Gasteiger partial charge in [-0.2, -0.15) is 0 Å². The largest absolute Gasteiger partial charge is 0.382 e. The lowest BCUT2D eigenvalue weighted by Gasteiger charge is -2.39. The van der Waals surface area contributed by atoms with Gasteiger partial charge in [0.2, 0.25) is 5.91 Å². The molecule has 27 heavy (non-hydrogen) atoms. The first kappa shape index (κ1) is 19.8. The van der Waals surface area contributed by atoms with E-state index in [1.807, 2.05) is 9.80 Å². The molecule has 2 saturated heterocycles. The summed E-state index contributed by atoms with van der Waals surface area (Å²) in [6, 6.07) is 0. The van der Waals surface area contributed by atoms with Crippen molar-refractivity contribution < 1.29 is 23.6 Å². The third-order valence-corrected chi connectivity index (χ3v) is 5.81. The summed E-state index contributed by atoms with van der Waals surface area (Å²) >= 11 is 0. The fraction of sp³-hybridized carbons (Fsp3) is 0.737. The lowest BCUT2D eigenvalue weighted by molar-refractivity contribution is -0.136. The fourth-order valence-electron chi connectivity index (χ4n) is 4.08. The van der Waals surface area contributed by atoms with Crippen molar-refractivity contribution in [2.24, 2.45) is 5.41 Å². The summed E-state index contributed by atoms with van der Waals surface area (Å²) in [6.07, 6.45) is 2.82. The van der Waals surface area contributed by atoms with Gasteiger partial charge < -0.3 is 23.8 Å². The first-order valence-electron chi connectivity index (χ1n) is 9.52. The summed E-state index contributed by atoms with van der Waals surface area (Å²) in [5.74, 6) is 0.611. The Morgan fingerprint density at radius 3 is 2.37 bits per heavy atom. The Bertz CT molecular complexity index is 659. The molecule has 0 radical (unpaired) electrons. The van der Waals surface area contributed by atoms with Gasteiger partial charge in [0.05, 0.1) is 18.9 Å². The molecule has 0 bridgehead atoms. The Morgan fingerprint density at radius 1 is 1.11 bits per heavy atom. The molecule has 3 heterocycles. The monoisotopic (exact) mass is 379 g/mol. The number of piperidine rings is 1. The number of hydrogen-bond donors (Lipinski definition) is 0. The number of amides is 2. The number of hydrogen-bond acceptors (Lipinski definition) is 6. The molecule has 0 saturated carbocycles. The number of aromatic nitrogens is 1. The van der Waals surface area contributed by atoms with Crippen LogP contribution in [0.25, 0.3) is 0 Å². The van der Waals surface area contributed by atoms with Crippen LogP contribution in [-0.4, -0.2) is 79.9 Å². The van der Waals surface area contributed by atoms with Crippen molar-refractivity contribution in [2.45, 2.75) is 33.1 Å². The van der Waals surface area contributed by atoms with Gasteiger partial charge in [-0.15, -0.1) is 0 Å². The topological polar surface area (TPSA) is 85.1 Å². The third kappa shape index (κ3) is 4.32. The molecule has 8 nitrogen and oxygen atoms in total. The summed E-state index contributed by atoms with van der Waals surface area (Å²) < 4.78 is 15.4. The molecule has 0 aromatic carbocycles. The second-order valence-electron chi connectivity index (χ2n) is 7.60. The summed E-state index contributed by atoms with van der Waals surface area (Å²) in [5.41, 5.74) is 1.35. The number of carbonyl (C=O) groups excluding carboxylic acids is 2. The van der Waals surface area contributed by atoms with Crippen LogP contribution in [0.2, 0.25) is 0 Å². The molecule has 8 heteroatoms. The molecule has 2 aliphatic heterocycles. The van der Waals surface area contributed by atoms with Gasteiger partial charge in [0.15, 0.2) is 0 Å². The maximum Gasteiger partial charge on any atom is 0.259 e. The van der Waals surface area contributed by atoms with Crippen LogP contribution in [0.3, 0.4) is 0 Å². The van der Waals surface area contributed by atoms with E-state index < -0.39 is 0 Å². The quantitative estimate of drug-likeness (QED) is 0.695. The zero-order valence-corrected chi connectivity index (χ0v) is 16.5. The molecule has 2 amide bonds. The number of aryl methyl sites for hydroxylation is 2. The van der Waals surface area contributed by atoms with Crippen molar-refractivity contribution in [1.82, 2.24) is 15.0 Å². The Morgan fingerprint density at radius 2 is 1.78 bits per heavy atom. The minimum atomic E-state index is -0.00132. The van der Waals surface area contributed by atoms with Crippen molar-refractivity contribution in [3.63, 3.8) is 0 Å². The minimum absolute atomic E-state index is 0.00132. The van der Waals surface area contributed by atoms with Gasteiger partial charge in [0.25, 0.3) is 5.91 Å². The lowest BCUT2D eigenvalue weighted by atomic mass is 9.77. The summed E-state index contributed by atoms with van der Waals surface area (Å²) in [5, 5.41) is 3.88. The van der Waals surface area contributed by atoms with Crippen LogP contribution >= 0.6 is 0 Å². The van der Waals surface area contributed by atoms with Crippen molar-refractivity contribution in [3.8, 4) is 0 Å². The highest BCUT2D eigenvalue weighted by Gasteiger charge is 2.43. The first-order chi connectivity index (χ1) is 13.0. The summed E-state index contributed by atoms with van der Waals surface area (Å²) in [7, 11) is 1.61. The average Bonchev–Trinajstić information content (AvgIpc) is 3.22. The van der Waals surface area contributed by atoms with Crippen LogP contribution < -0.4 is 0 Å². The van der Waals surface area contributed by atoms with E-state index in [4.69, 9.17) is 14.0 Å². The zero-order valence-electron chi connectivity index (χ0n) is 16.5. The smallest absolute Gasteiger partial charge is 0.259 e. The first-order valence-corrected chi connectivity index (χ1v) is 9.52. The third-order valence-electron chi connectivity index (χ3n) is 5.81. The highest BCUT2D eigenvalue weighted by atomic mass is 16.5. The molecule has 0 unspecified atom stereocenters. The number of nitrogens with zero attached hydrogens (tertiary/aromatic N) is 3. The molecule has 150 valence electrons. The van der Waals surface area contributed by atoms with E-state index in [0.29, 0.717) is 43.3 Å². The maximum atomic E-state index is 12.8. The van der Waals surface area contributed by atoms with E-state index in [0.717, 1.165) is 32.4 Å². The second kappa shape index (κ2) is 8.39. The van der Waals surface area contributed by atoms with E-state index in [-0.39, 0.29) is 23.8 Å². The fourth-order valence-corrected chi connectivity index (χ4v) is 4.08. The van der Waals surface area contributed by atoms with Crippen molar-refractivity contribution in [2.75, 3.05) is 53.1 Å². The predicted molar refractivity (Wildman–Crippen MR) is 97.4 cm³/mol. The van der Waals surface area contributed by atoms with E-state index >= 15 is 0 Å². The number of rotatable bonds is 6. The number of methoxy groups -OCH3 is 1. The van der Waals surface area contributed by atoms with Gasteiger partial charge in [-0.05, 0) is 38.5 Å². The number of carbonyl (C=O) groups is 2. The Kier molecular flexibility index (Phi) is 6.16. The Balaban J connectivity index is 1.50. The molecule has 0 aliphatic carbocycles. The van der Waals surface area contributed by atoms with Crippen LogP contribution in [0.15, 0.2) is 4.52 Å². The van der Waals surface area contributed by atoms with Crippen molar-refractivity contribution in [1.29, 1.82) is 0 Å². The highest BCUT2D eigenvalue weighted by Crippen LogP contribution is 2.40. The van der Waals surface area contributed by atoms with Crippen molar-refractivity contribution >= 4 is 11.8 Å². The van der Waals surface area contributed by atoms with Crippen LogP contribution in [-0.2, 0) is 14.3 Å². The number of ether oxygens (including phenoxy) is 2. The molecule has 0 N–H and O–H groups in total. The number of likely N-dealkylation sites (tertiary alicyclic amines) is 2. The summed E-state index contributed by atoms with van der Waals surface area (Å²) in [4.78, 5) is 28.9. The van der Waals surface area contributed by atoms with E-state index in [2.05, 4.69) is 5.16 Å². The average molecular weight is 379 g/mol. The van der Waals surface area contributed by atoms with Gasteiger partial charge in [0.1, 0.15) is 17.9 Å². The van der Waals surface area contributed by atoms with E-state index in [9.17, 15) is 9.59 Å². The van der Waals surface area contributed by atoms with Gasteiger partial charge in [-0.25, -0.2) is 0 Å². The van der Waals surface area contributed by atoms with Crippen LogP contribution in [0.5, 0.6) is 0 Å². The SMILES string of the molecule is COCCOCC(=O)N1CCC2(CCN(C(=O)c3c(C)noc3C)CC2)C1. The molecule has 1 aromatic heterocycles. The van der Waals surface area contributed by atoms with Gasteiger partial charge >= 0.3 is 0 Å². The minimum Gasteiger partial charge on any atom is -0.382 e.